The summed E-state index contributed by atoms with van der Waals surface area (Å²) in [6.07, 6.45) is 0.705. The van der Waals surface area contributed by atoms with E-state index in [-0.39, 0.29) is 11.5 Å². The third-order valence-corrected chi connectivity index (χ3v) is 2.89. The highest BCUT2D eigenvalue weighted by molar-refractivity contribution is 6.31. The van der Waals surface area contributed by atoms with Gasteiger partial charge in [-0.05, 0) is 31.0 Å². The Hall–Kier alpha value is -2.21. The van der Waals surface area contributed by atoms with Gasteiger partial charge in [0, 0.05) is 5.02 Å². The standard InChI is InChI=1S/C13H14ClN5O/c1-3-11(9-5-4-6-10(14)7-9)17-19-13-15-12(20)8(2)16-18-13/h4-7H,3H2,1-2H3,(H2,15,18,19,20)/b17-11+. The van der Waals surface area contributed by atoms with Crippen molar-refractivity contribution in [1.82, 2.24) is 15.2 Å². The van der Waals surface area contributed by atoms with Crippen molar-refractivity contribution in [3.05, 3.63) is 50.9 Å². The van der Waals surface area contributed by atoms with Crippen LogP contribution in [0.15, 0.2) is 34.2 Å². The minimum atomic E-state index is -0.293. The van der Waals surface area contributed by atoms with Crippen LogP contribution < -0.4 is 11.0 Å². The van der Waals surface area contributed by atoms with Crippen LogP contribution in [0.5, 0.6) is 0 Å². The summed E-state index contributed by atoms with van der Waals surface area (Å²) in [4.78, 5) is 13.9. The maximum absolute atomic E-state index is 11.4. The summed E-state index contributed by atoms with van der Waals surface area (Å²) >= 11 is 5.96. The molecule has 2 rings (SSSR count). The zero-order chi connectivity index (χ0) is 14.5. The summed E-state index contributed by atoms with van der Waals surface area (Å²) in [5.74, 6) is 0.202. The number of benzene rings is 1. The molecule has 2 aromatic rings. The summed E-state index contributed by atoms with van der Waals surface area (Å²) in [7, 11) is 0. The zero-order valence-electron chi connectivity index (χ0n) is 11.1. The van der Waals surface area contributed by atoms with E-state index in [1.807, 2.05) is 25.1 Å². The SMILES string of the molecule is CC/C(=N\Nc1nnc(C)c(=O)[nH]1)c1cccc(Cl)c1. The van der Waals surface area contributed by atoms with Gasteiger partial charge in [-0.1, -0.05) is 30.7 Å². The molecule has 0 atom stereocenters. The van der Waals surface area contributed by atoms with Crippen molar-refractivity contribution in [2.45, 2.75) is 20.3 Å². The molecule has 0 saturated heterocycles. The molecule has 0 aliphatic carbocycles. The molecule has 1 aromatic carbocycles. The first-order chi connectivity index (χ1) is 9.60. The van der Waals surface area contributed by atoms with Crippen LogP contribution in [0.2, 0.25) is 5.02 Å². The third kappa shape index (κ3) is 3.42. The van der Waals surface area contributed by atoms with Crippen molar-refractivity contribution >= 4 is 23.3 Å². The Balaban J connectivity index is 2.23. The minimum absolute atomic E-state index is 0.202. The van der Waals surface area contributed by atoms with Gasteiger partial charge in [-0.25, -0.2) is 5.43 Å². The average Bonchev–Trinajstić information content (AvgIpc) is 2.43. The third-order valence-electron chi connectivity index (χ3n) is 2.65. The van der Waals surface area contributed by atoms with Crippen molar-refractivity contribution in [2.24, 2.45) is 5.10 Å². The van der Waals surface area contributed by atoms with Crippen molar-refractivity contribution in [3.8, 4) is 0 Å². The number of nitrogens with zero attached hydrogens (tertiary/aromatic N) is 3. The Morgan fingerprint density at radius 3 is 2.90 bits per heavy atom. The second kappa shape index (κ2) is 6.29. The van der Waals surface area contributed by atoms with Gasteiger partial charge in [-0.2, -0.15) is 5.10 Å². The lowest BCUT2D eigenvalue weighted by atomic mass is 10.1. The Kier molecular flexibility index (Phi) is 4.47. The van der Waals surface area contributed by atoms with E-state index in [9.17, 15) is 4.79 Å². The zero-order valence-corrected chi connectivity index (χ0v) is 11.9. The maximum atomic E-state index is 11.4. The second-order valence-electron chi connectivity index (χ2n) is 4.12. The molecule has 0 radical (unpaired) electrons. The molecule has 0 bridgehead atoms. The molecule has 0 amide bonds. The van der Waals surface area contributed by atoms with Gasteiger partial charge < -0.3 is 0 Å². The van der Waals surface area contributed by atoms with E-state index in [1.54, 1.807) is 13.0 Å². The fourth-order valence-electron chi connectivity index (χ4n) is 1.58. The predicted molar refractivity (Wildman–Crippen MR) is 79.3 cm³/mol. The number of hydrogen-bond donors (Lipinski definition) is 2. The van der Waals surface area contributed by atoms with Crippen LogP contribution in [-0.4, -0.2) is 20.9 Å². The molecule has 1 aromatic heterocycles. The van der Waals surface area contributed by atoms with E-state index >= 15 is 0 Å². The number of aromatic amines is 1. The number of hydrazone groups is 1. The number of hydrogen-bond acceptors (Lipinski definition) is 5. The smallest absolute Gasteiger partial charge is 0.274 e. The van der Waals surface area contributed by atoms with Gasteiger partial charge in [0.1, 0.15) is 5.69 Å². The van der Waals surface area contributed by atoms with E-state index in [0.717, 1.165) is 11.3 Å². The van der Waals surface area contributed by atoms with E-state index in [2.05, 4.69) is 25.7 Å². The van der Waals surface area contributed by atoms with Gasteiger partial charge in [0.05, 0.1) is 5.71 Å². The molecular formula is C13H14ClN5O. The van der Waals surface area contributed by atoms with Crippen LogP contribution in [0.25, 0.3) is 0 Å². The van der Waals surface area contributed by atoms with Gasteiger partial charge >= 0.3 is 0 Å². The first kappa shape index (κ1) is 14.2. The highest BCUT2D eigenvalue weighted by atomic mass is 35.5. The van der Waals surface area contributed by atoms with Crippen LogP contribution in [0.4, 0.5) is 5.95 Å². The Bertz CT molecular complexity index is 695. The quantitative estimate of drug-likeness (QED) is 0.669. The number of anilines is 1. The number of aryl methyl sites for hydroxylation is 1. The number of rotatable bonds is 4. The number of H-pyrrole nitrogens is 1. The molecule has 2 N–H and O–H groups in total. The van der Waals surface area contributed by atoms with Crippen molar-refractivity contribution < 1.29 is 0 Å². The van der Waals surface area contributed by atoms with Crippen LogP contribution in [0, 0.1) is 6.92 Å². The lowest BCUT2D eigenvalue weighted by molar-refractivity contribution is 0.896. The highest BCUT2D eigenvalue weighted by Gasteiger charge is 2.03. The molecule has 0 unspecified atom stereocenters. The summed E-state index contributed by atoms with van der Waals surface area (Å²) in [6.45, 7) is 3.56. The Labute approximate surface area is 120 Å². The molecule has 20 heavy (non-hydrogen) atoms. The number of aromatic nitrogens is 3. The van der Waals surface area contributed by atoms with Gasteiger partial charge in [0.2, 0.25) is 5.95 Å². The van der Waals surface area contributed by atoms with Crippen molar-refractivity contribution in [2.75, 3.05) is 5.43 Å². The van der Waals surface area contributed by atoms with E-state index in [1.165, 1.54) is 0 Å². The molecular weight excluding hydrogens is 278 g/mol. The molecule has 6 nitrogen and oxygen atoms in total. The molecule has 1 heterocycles. The topological polar surface area (TPSA) is 83.0 Å². The summed E-state index contributed by atoms with van der Waals surface area (Å²) in [5, 5.41) is 12.4. The second-order valence-corrected chi connectivity index (χ2v) is 4.56. The molecule has 0 aliphatic heterocycles. The highest BCUT2D eigenvalue weighted by Crippen LogP contribution is 2.13. The van der Waals surface area contributed by atoms with E-state index in [4.69, 9.17) is 11.6 Å². The van der Waals surface area contributed by atoms with Gasteiger partial charge in [-0.15, -0.1) is 10.2 Å². The van der Waals surface area contributed by atoms with Crippen LogP contribution in [-0.2, 0) is 0 Å². The first-order valence-electron chi connectivity index (χ1n) is 6.12. The summed E-state index contributed by atoms with van der Waals surface area (Å²) in [5.41, 5.74) is 4.43. The van der Waals surface area contributed by atoms with Crippen molar-refractivity contribution in [3.63, 3.8) is 0 Å². The fourth-order valence-corrected chi connectivity index (χ4v) is 1.77. The lowest BCUT2D eigenvalue weighted by Crippen LogP contribution is -2.16. The molecule has 0 fully saturated rings. The van der Waals surface area contributed by atoms with Crippen molar-refractivity contribution in [1.29, 1.82) is 0 Å². The first-order valence-corrected chi connectivity index (χ1v) is 6.50. The predicted octanol–water partition coefficient (Wildman–Crippen LogP) is 2.35. The molecule has 0 aliphatic rings. The number of halogens is 1. The summed E-state index contributed by atoms with van der Waals surface area (Å²) < 4.78 is 0. The normalized spacial score (nSPS) is 11.4. The van der Waals surface area contributed by atoms with E-state index < -0.39 is 0 Å². The van der Waals surface area contributed by atoms with Gasteiger partial charge in [-0.3, -0.25) is 9.78 Å². The molecule has 0 saturated carbocycles. The van der Waals surface area contributed by atoms with Gasteiger partial charge in [0.25, 0.3) is 5.56 Å². The Morgan fingerprint density at radius 1 is 1.45 bits per heavy atom. The van der Waals surface area contributed by atoms with Crippen LogP contribution >= 0.6 is 11.6 Å². The summed E-state index contributed by atoms with van der Waals surface area (Å²) in [6, 6.07) is 7.40. The maximum Gasteiger partial charge on any atom is 0.274 e. The van der Waals surface area contributed by atoms with Crippen LogP contribution in [0.3, 0.4) is 0 Å². The Morgan fingerprint density at radius 2 is 2.25 bits per heavy atom. The molecule has 0 spiro atoms. The largest absolute Gasteiger partial charge is 0.288 e. The van der Waals surface area contributed by atoms with Crippen LogP contribution in [0.1, 0.15) is 24.6 Å². The number of nitrogens with one attached hydrogen (secondary N) is 2. The molecule has 7 heteroatoms. The van der Waals surface area contributed by atoms with Gasteiger partial charge in [0.15, 0.2) is 0 Å². The molecule has 104 valence electrons. The minimum Gasteiger partial charge on any atom is -0.288 e. The van der Waals surface area contributed by atoms with E-state index in [0.29, 0.717) is 17.1 Å². The fraction of sp³-hybridized carbons (Fsp3) is 0.231. The monoisotopic (exact) mass is 291 g/mol. The lowest BCUT2D eigenvalue weighted by Gasteiger charge is -2.05. The average molecular weight is 292 g/mol.